The number of rotatable bonds is 7. The second kappa shape index (κ2) is 11.4. The highest BCUT2D eigenvalue weighted by Crippen LogP contribution is 2.38. The van der Waals surface area contributed by atoms with Crippen molar-refractivity contribution in [3.63, 3.8) is 0 Å². The Hall–Kier alpha value is -3.66. The fourth-order valence-corrected chi connectivity index (χ4v) is 6.13. The zero-order valence-corrected chi connectivity index (χ0v) is 23.5. The van der Waals surface area contributed by atoms with E-state index < -0.39 is 0 Å². The summed E-state index contributed by atoms with van der Waals surface area (Å²) >= 11 is 0. The third-order valence-corrected chi connectivity index (χ3v) is 7.82. The Kier molecular flexibility index (Phi) is 7.78. The number of hydrogen-bond acceptors (Lipinski definition) is 4. The lowest BCUT2D eigenvalue weighted by atomic mass is 9.97. The summed E-state index contributed by atoms with van der Waals surface area (Å²) in [4.78, 5) is 15.4. The SMILES string of the molecule is CCN(c1nc(C)c2c(n1)N(C(Cc1ccccc1)c1ccccc1)CCCC2)c1c(C)cc(C)cc1C. The van der Waals surface area contributed by atoms with Gasteiger partial charge in [-0.3, -0.25) is 0 Å². The molecule has 0 aliphatic carbocycles. The minimum Gasteiger partial charge on any atom is -0.349 e. The van der Waals surface area contributed by atoms with Gasteiger partial charge in [-0.05, 0) is 82.6 Å². The molecule has 3 aromatic carbocycles. The maximum atomic E-state index is 5.40. The van der Waals surface area contributed by atoms with Gasteiger partial charge in [-0.2, -0.15) is 4.98 Å². The highest BCUT2D eigenvalue weighted by atomic mass is 15.3. The van der Waals surface area contributed by atoms with Crippen molar-refractivity contribution in [1.82, 2.24) is 9.97 Å². The summed E-state index contributed by atoms with van der Waals surface area (Å²) in [6.07, 6.45) is 4.28. The molecule has 1 unspecified atom stereocenters. The summed E-state index contributed by atoms with van der Waals surface area (Å²) in [7, 11) is 0. The Labute approximate surface area is 228 Å². The van der Waals surface area contributed by atoms with Gasteiger partial charge in [0.05, 0.1) is 6.04 Å². The van der Waals surface area contributed by atoms with Gasteiger partial charge >= 0.3 is 0 Å². The largest absolute Gasteiger partial charge is 0.349 e. The van der Waals surface area contributed by atoms with E-state index in [1.54, 1.807) is 0 Å². The molecule has 4 nitrogen and oxygen atoms in total. The molecule has 0 saturated carbocycles. The Balaban J connectivity index is 1.64. The van der Waals surface area contributed by atoms with E-state index in [0.29, 0.717) is 0 Å². The maximum absolute atomic E-state index is 5.40. The number of benzene rings is 3. The number of anilines is 3. The van der Waals surface area contributed by atoms with Crippen molar-refractivity contribution >= 4 is 17.5 Å². The number of fused-ring (bicyclic) bond motifs is 1. The fourth-order valence-electron chi connectivity index (χ4n) is 6.13. The molecule has 4 heteroatoms. The predicted molar refractivity (Wildman–Crippen MR) is 160 cm³/mol. The molecule has 0 fully saturated rings. The van der Waals surface area contributed by atoms with Crippen LogP contribution in [0.25, 0.3) is 0 Å². The predicted octanol–water partition coefficient (Wildman–Crippen LogP) is 7.99. The van der Waals surface area contributed by atoms with Crippen LogP contribution in [0.2, 0.25) is 0 Å². The van der Waals surface area contributed by atoms with Gasteiger partial charge < -0.3 is 9.80 Å². The first-order chi connectivity index (χ1) is 18.5. The minimum absolute atomic E-state index is 0.204. The molecule has 1 atom stereocenters. The molecule has 0 N–H and O–H groups in total. The molecule has 196 valence electrons. The molecule has 2 heterocycles. The van der Waals surface area contributed by atoms with Crippen LogP contribution >= 0.6 is 0 Å². The lowest BCUT2D eigenvalue weighted by Gasteiger charge is -2.35. The van der Waals surface area contributed by atoms with Gasteiger partial charge in [0.25, 0.3) is 0 Å². The fraction of sp³-hybridized carbons (Fsp3) is 0.353. The molecule has 4 aromatic rings. The zero-order chi connectivity index (χ0) is 26.6. The summed E-state index contributed by atoms with van der Waals surface area (Å²) in [5.41, 5.74) is 10.1. The van der Waals surface area contributed by atoms with E-state index in [0.717, 1.165) is 56.2 Å². The van der Waals surface area contributed by atoms with Gasteiger partial charge in [0.2, 0.25) is 5.95 Å². The van der Waals surface area contributed by atoms with Crippen molar-refractivity contribution in [3.8, 4) is 0 Å². The van der Waals surface area contributed by atoms with Crippen molar-refractivity contribution in [2.24, 2.45) is 0 Å². The molecule has 1 aromatic heterocycles. The highest BCUT2D eigenvalue weighted by Gasteiger charge is 2.29. The first kappa shape index (κ1) is 26.0. The first-order valence-corrected chi connectivity index (χ1v) is 14.0. The van der Waals surface area contributed by atoms with Crippen molar-refractivity contribution in [2.45, 2.75) is 66.3 Å². The highest BCUT2D eigenvalue weighted by molar-refractivity contribution is 5.68. The zero-order valence-electron chi connectivity index (χ0n) is 23.5. The third-order valence-electron chi connectivity index (χ3n) is 7.82. The molecule has 1 aliphatic heterocycles. The molecular weight excluding hydrogens is 464 g/mol. The number of aromatic nitrogens is 2. The van der Waals surface area contributed by atoms with Gasteiger partial charge in [-0.15, -0.1) is 0 Å². The van der Waals surface area contributed by atoms with Crippen LogP contribution in [0.15, 0.2) is 72.8 Å². The minimum atomic E-state index is 0.204. The van der Waals surface area contributed by atoms with E-state index in [-0.39, 0.29) is 6.04 Å². The molecule has 0 spiro atoms. The Morgan fingerprint density at radius 1 is 0.842 bits per heavy atom. The molecular formula is C34H40N4. The topological polar surface area (TPSA) is 32.3 Å². The van der Waals surface area contributed by atoms with Crippen molar-refractivity contribution in [1.29, 1.82) is 0 Å². The van der Waals surface area contributed by atoms with Crippen molar-refractivity contribution < 1.29 is 0 Å². The summed E-state index contributed by atoms with van der Waals surface area (Å²) in [6.45, 7) is 12.7. The van der Waals surface area contributed by atoms with E-state index in [4.69, 9.17) is 9.97 Å². The van der Waals surface area contributed by atoms with E-state index in [9.17, 15) is 0 Å². The van der Waals surface area contributed by atoms with Crippen LogP contribution in [0.5, 0.6) is 0 Å². The van der Waals surface area contributed by atoms with Crippen LogP contribution in [0.1, 0.15) is 64.9 Å². The van der Waals surface area contributed by atoms with Crippen LogP contribution in [0.4, 0.5) is 17.5 Å². The quantitative estimate of drug-likeness (QED) is 0.255. The van der Waals surface area contributed by atoms with E-state index in [1.807, 2.05) is 0 Å². The van der Waals surface area contributed by atoms with Crippen LogP contribution in [0.3, 0.4) is 0 Å². The number of aryl methyl sites for hydroxylation is 4. The van der Waals surface area contributed by atoms with E-state index in [1.165, 1.54) is 39.1 Å². The van der Waals surface area contributed by atoms with Crippen molar-refractivity contribution in [2.75, 3.05) is 22.9 Å². The van der Waals surface area contributed by atoms with E-state index >= 15 is 0 Å². The smallest absolute Gasteiger partial charge is 0.232 e. The third kappa shape index (κ3) is 5.31. The summed E-state index contributed by atoms with van der Waals surface area (Å²) in [5.74, 6) is 1.91. The second-order valence-electron chi connectivity index (χ2n) is 10.7. The maximum Gasteiger partial charge on any atom is 0.232 e. The second-order valence-corrected chi connectivity index (χ2v) is 10.7. The van der Waals surface area contributed by atoms with Gasteiger partial charge in [-0.25, -0.2) is 4.98 Å². The standard InChI is InChI=1S/C34H40N4/c1-6-37(32-25(3)21-24(2)22-26(32)4)34-35-27(5)30-19-13-14-20-38(33(30)36-34)31(29-17-11-8-12-18-29)23-28-15-9-7-10-16-28/h7-12,15-18,21-22,31H,6,13-14,19-20,23H2,1-5H3. The summed E-state index contributed by atoms with van der Waals surface area (Å²) in [5, 5.41) is 0. The molecule has 0 bridgehead atoms. The Morgan fingerprint density at radius 2 is 1.50 bits per heavy atom. The Bertz CT molecular complexity index is 1360. The van der Waals surface area contributed by atoms with Gasteiger partial charge in [0, 0.05) is 30.0 Å². The van der Waals surface area contributed by atoms with Gasteiger partial charge in [0.15, 0.2) is 0 Å². The number of nitrogens with zero attached hydrogens (tertiary/aromatic N) is 4. The van der Waals surface area contributed by atoms with Crippen LogP contribution in [0, 0.1) is 27.7 Å². The molecule has 38 heavy (non-hydrogen) atoms. The lowest BCUT2D eigenvalue weighted by molar-refractivity contribution is 0.595. The average Bonchev–Trinajstić information content (AvgIpc) is 3.13. The van der Waals surface area contributed by atoms with E-state index in [2.05, 4.69) is 117 Å². The Morgan fingerprint density at radius 3 is 2.16 bits per heavy atom. The first-order valence-electron chi connectivity index (χ1n) is 14.0. The normalized spacial score (nSPS) is 14.1. The van der Waals surface area contributed by atoms with Gasteiger partial charge in [0.1, 0.15) is 5.82 Å². The monoisotopic (exact) mass is 504 g/mol. The molecule has 0 saturated heterocycles. The molecule has 1 aliphatic rings. The number of hydrogen-bond donors (Lipinski definition) is 0. The van der Waals surface area contributed by atoms with Crippen LogP contribution in [-0.4, -0.2) is 23.1 Å². The molecule has 0 amide bonds. The summed E-state index contributed by atoms with van der Waals surface area (Å²) in [6, 6.07) is 26.6. The lowest BCUT2D eigenvalue weighted by Crippen LogP contribution is -2.33. The van der Waals surface area contributed by atoms with Gasteiger partial charge in [-0.1, -0.05) is 78.4 Å². The van der Waals surface area contributed by atoms with Crippen LogP contribution < -0.4 is 9.80 Å². The summed E-state index contributed by atoms with van der Waals surface area (Å²) < 4.78 is 0. The van der Waals surface area contributed by atoms with Crippen molar-refractivity contribution in [3.05, 3.63) is 112 Å². The van der Waals surface area contributed by atoms with Crippen LogP contribution in [-0.2, 0) is 12.8 Å². The molecule has 0 radical (unpaired) electrons. The average molecular weight is 505 g/mol. The molecule has 5 rings (SSSR count).